The molecule has 1 unspecified atom stereocenters. The number of benzene rings is 1. The Labute approximate surface area is 188 Å². The molecule has 0 N–H and O–H groups in total. The lowest BCUT2D eigenvalue weighted by atomic mass is 10.00. The van der Waals surface area contributed by atoms with E-state index in [1.165, 1.54) is 0 Å². The number of hydrogen-bond acceptors (Lipinski definition) is 6. The number of aryl methyl sites for hydroxylation is 1. The number of fused-ring (bicyclic) bond motifs is 1. The minimum Gasteiger partial charge on any atom is -0.489 e. The van der Waals surface area contributed by atoms with Crippen molar-refractivity contribution in [3.63, 3.8) is 0 Å². The Hall–Kier alpha value is -2.38. The molecule has 2 aromatic rings. The van der Waals surface area contributed by atoms with Gasteiger partial charge in [0.1, 0.15) is 5.82 Å². The number of carbonyl (C=O) groups is 1. The van der Waals surface area contributed by atoms with E-state index in [9.17, 15) is 4.79 Å². The van der Waals surface area contributed by atoms with Crippen molar-refractivity contribution in [2.75, 3.05) is 33.9 Å². The molecule has 0 bridgehead atoms. The van der Waals surface area contributed by atoms with Crippen molar-refractivity contribution in [2.45, 2.75) is 45.2 Å². The molecule has 1 fully saturated rings. The quantitative estimate of drug-likeness (QED) is 0.709. The third-order valence-electron chi connectivity index (χ3n) is 5.79. The third kappa shape index (κ3) is 4.77. The number of piperidine rings is 1. The molecule has 8 heteroatoms. The highest BCUT2D eigenvalue weighted by Crippen LogP contribution is 2.39. The summed E-state index contributed by atoms with van der Waals surface area (Å²) in [4.78, 5) is 25.6. The molecule has 4 rings (SSSR count). The second-order valence-electron chi connectivity index (χ2n) is 8.36. The highest BCUT2D eigenvalue weighted by molar-refractivity contribution is 6.32. The van der Waals surface area contributed by atoms with Crippen LogP contribution >= 0.6 is 11.6 Å². The van der Waals surface area contributed by atoms with Crippen LogP contribution in [0.4, 0.5) is 0 Å². The number of hydrogen-bond donors (Lipinski definition) is 0. The molecule has 0 aliphatic carbocycles. The summed E-state index contributed by atoms with van der Waals surface area (Å²) in [5.41, 5.74) is 2.34. The molecule has 0 saturated carbocycles. The summed E-state index contributed by atoms with van der Waals surface area (Å²) in [6, 6.07) is 4.10. The fourth-order valence-electron chi connectivity index (χ4n) is 4.18. The Morgan fingerprint density at radius 1 is 1.23 bits per heavy atom. The van der Waals surface area contributed by atoms with Gasteiger partial charge in [-0.1, -0.05) is 18.0 Å². The zero-order valence-electron chi connectivity index (χ0n) is 18.4. The van der Waals surface area contributed by atoms with Crippen LogP contribution in [0.2, 0.25) is 5.02 Å². The molecule has 166 valence electrons. The maximum atomic E-state index is 12.3. The monoisotopic (exact) mass is 444 g/mol. The van der Waals surface area contributed by atoms with Crippen molar-refractivity contribution in [3.8, 4) is 11.5 Å². The van der Waals surface area contributed by atoms with E-state index < -0.39 is 0 Å². The number of nitrogens with zero attached hydrogens (tertiary/aromatic N) is 4. The number of likely N-dealkylation sites (tertiary alicyclic amines) is 1. The van der Waals surface area contributed by atoms with Crippen LogP contribution in [0.1, 0.15) is 59.2 Å². The fraction of sp³-hybridized carbons (Fsp3) is 0.522. The zero-order valence-corrected chi connectivity index (χ0v) is 19.1. The molecule has 1 amide bonds. The van der Waals surface area contributed by atoms with Crippen LogP contribution in [0, 0.1) is 6.92 Å². The zero-order chi connectivity index (χ0) is 22.0. The van der Waals surface area contributed by atoms with Crippen LogP contribution in [0.25, 0.3) is 0 Å². The van der Waals surface area contributed by atoms with Crippen molar-refractivity contribution in [1.82, 2.24) is 19.8 Å². The Morgan fingerprint density at radius 2 is 2.03 bits per heavy atom. The minimum atomic E-state index is -0.0774. The molecule has 2 aliphatic rings. The summed E-state index contributed by atoms with van der Waals surface area (Å²) in [6.07, 6.45) is 5.75. The van der Waals surface area contributed by atoms with Crippen LogP contribution in [0.5, 0.6) is 11.5 Å². The fourth-order valence-corrected chi connectivity index (χ4v) is 4.47. The van der Waals surface area contributed by atoms with Gasteiger partial charge in [-0.2, -0.15) is 0 Å². The first-order valence-corrected chi connectivity index (χ1v) is 11.2. The molecule has 2 aliphatic heterocycles. The Bertz CT molecular complexity index is 966. The van der Waals surface area contributed by atoms with E-state index >= 15 is 0 Å². The Balaban J connectivity index is 1.57. The van der Waals surface area contributed by atoms with Crippen LogP contribution in [-0.2, 0) is 6.54 Å². The van der Waals surface area contributed by atoms with Crippen LogP contribution in [0.3, 0.4) is 0 Å². The van der Waals surface area contributed by atoms with E-state index in [-0.39, 0.29) is 11.9 Å². The Kier molecular flexibility index (Phi) is 6.62. The van der Waals surface area contributed by atoms with Crippen LogP contribution < -0.4 is 9.47 Å². The molecule has 1 saturated heterocycles. The van der Waals surface area contributed by atoms with Crippen molar-refractivity contribution in [2.24, 2.45) is 0 Å². The van der Waals surface area contributed by atoms with E-state index in [1.54, 1.807) is 25.2 Å². The maximum Gasteiger partial charge on any atom is 0.256 e. The predicted molar refractivity (Wildman–Crippen MR) is 119 cm³/mol. The molecule has 1 aromatic carbocycles. The number of aromatic nitrogens is 2. The number of ether oxygens (including phenoxy) is 2. The van der Waals surface area contributed by atoms with Gasteiger partial charge in [-0.3, -0.25) is 9.69 Å². The smallest absolute Gasteiger partial charge is 0.256 e. The standard InChI is InChI=1S/C23H29ClN4O3/c1-15-17(23(29)27(2)3)13-25-22(26-15)19-7-4-5-8-28(19)14-16-11-18(24)21-20(12-16)30-9-6-10-31-21/h11-13,19H,4-10,14H2,1-3H3. The number of amides is 1. The summed E-state index contributed by atoms with van der Waals surface area (Å²) in [5.74, 6) is 2.05. The van der Waals surface area contributed by atoms with Gasteiger partial charge in [0.15, 0.2) is 11.5 Å². The third-order valence-corrected chi connectivity index (χ3v) is 6.07. The molecule has 7 nitrogen and oxygen atoms in total. The van der Waals surface area contributed by atoms with Gasteiger partial charge in [-0.05, 0) is 44.0 Å². The second kappa shape index (κ2) is 9.40. The number of carbonyl (C=O) groups excluding carboxylic acids is 1. The van der Waals surface area contributed by atoms with E-state index in [2.05, 4.69) is 9.88 Å². The van der Waals surface area contributed by atoms with Gasteiger partial charge in [0.25, 0.3) is 5.91 Å². The maximum absolute atomic E-state index is 12.3. The van der Waals surface area contributed by atoms with Crippen molar-refractivity contribution < 1.29 is 14.3 Å². The van der Waals surface area contributed by atoms with Gasteiger partial charge in [0.05, 0.1) is 35.5 Å². The molecule has 1 aromatic heterocycles. The molecular weight excluding hydrogens is 416 g/mol. The molecule has 1 atom stereocenters. The lowest BCUT2D eigenvalue weighted by molar-refractivity contribution is 0.0825. The van der Waals surface area contributed by atoms with Gasteiger partial charge in [-0.15, -0.1) is 0 Å². The van der Waals surface area contributed by atoms with Gasteiger partial charge in [0, 0.05) is 33.3 Å². The summed E-state index contributed by atoms with van der Waals surface area (Å²) in [5, 5.41) is 0.585. The highest BCUT2D eigenvalue weighted by atomic mass is 35.5. The van der Waals surface area contributed by atoms with E-state index in [4.69, 9.17) is 26.1 Å². The summed E-state index contributed by atoms with van der Waals surface area (Å²) < 4.78 is 11.6. The molecule has 31 heavy (non-hydrogen) atoms. The first-order chi connectivity index (χ1) is 14.9. The average Bonchev–Trinajstić information content (AvgIpc) is 2.99. The summed E-state index contributed by atoms with van der Waals surface area (Å²) in [6.45, 7) is 4.80. The Morgan fingerprint density at radius 3 is 2.81 bits per heavy atom. The molecule has 0 radical (unpaired) electrons. The highest BCUT2D eigenvalue weighted by Gasteiger charge is 2.28. The predicted octanol–water partition coefficient (Wildman–Crippen LogP) is 4.03. The van der Waals surface area contributed by atoms with Crippen molar-refractivity contribution in [1.29, 1.82) is 0 Å². The molecule has 3 heterocycles. The van der Waals surface area contributed by atoms with Crippen molar-refractivity contribution in [3.05, 3.63) is 46.0 Å². The summed E-state index contributed by atoms with van der Waals surface area (Å²) >= 11 is 6.50. The van der Waals surface area contributed by atoms with E-state index in [0.29, 0.717) is 41.0 Å². The first kappa shape index (κ1) is 21.8. The lowest BCUT2D eigenvalue weighted by Crippen LogP contribution is -2.34. The SMILES string of the molecule is Cc1nc(C2CCCCN2Cc2cc(Cl)c3c(c2)OCCCO3)ncc1C(=O)N(C)C. The lowest BCUT2D eigenvalue weighted by Gasteiger charge is -2.35. The number of halogens is 1. The van der Waals surface area contributed by atoms with Crippen LogP contribution in [0.15, 0.2) is 18.3 Å². The van der Waals surface area contributed by atoms with Crippen LogP contribution in [-0.4, -0.2) is 59.5 Å². The number of rotatable bonds is 4. The normalized spacial score (nSPS) is 19.0. The first-order valence-electron chi connectivity index (χ1n) is 10.8. The van der Waals surface area contributed by atoms with E-state index in [0.717, 1.165) is 50.2 Å². The van der Waals surface area contributed by atoms with Crippen molar-refractivity contribution >= 4 is 17.5 Å². The second-order valence-corrected chi connectivity index (χ2v) is 8.77. The topological polar surface area (TPSA) is 67.8 Å². The largest absolute Gasteiger partial charge is 0.489 e. The van der Waals surface area contributed by atoms with Gasteiger partial charge in [-0.25, -0.2) is 9.97 Å². The summed E-state index contributed by atoms with van der Waals surface area (Å²) in [7, 11) is 3.47. The van der Waals surface area contributed by atoms with Gasteiger partial charge in [0.2, 0.25) is 0 Å². The van der Waals surface area contributed by atoms with E-state index in [1.807, 2.05) is 19.1 Å². The average molecular weight is 445 g/mol. The van der Waals surface area contributed by atoms with Gasteiger partial charge >= 0.3 is 0 Å². The molecular formula is C23H29ClN4O3. The molecule has 0 spiro atoms. The minimum absolute atomic E-state index is 0.0774. The van der Waals surface area contributed by atoms with Gasteiger partial charge < -0.3 is 14.4 Å².